The molecular formula is C28H27FN2O2. The number of pyridine rings is 1. The minimum absolute atomic E-state index is 0.176. The second-order valence-corrected chi connectivity index (χ2v) is 9.61. The first-order valence-corrected chi connectivity index (χ1v) is 11.5. The van der Waals surface area contributed by atoms with Crippen molar-refractivity contribution in [2.24, 2.45) is 0 Å². The summed E-state index contributed by atoms with van der Waals surface area (Å²) in [7, 11) is 0. The maximum absolute atomic E-state index is 13.2. The summed E-state index contributed by atoms with van der Waals surface area (Å²) in [5.74, 6) is -0.425. The van der Waals surface area contributed by atoms with E-state index < -0.39 is 5.82 Å². The Morgan fingerprint density at radius 3 is 2.73 bits per heavy atom. The first kappa shape index (κ1) is 21.5. The Kier molecular flexibility index (Phi) is 5.35. The summed E-state index contributed by atoms with van der Waals surface area (Å²) in [5, 5.41) is 0. The van der Waals surface area contributed by atoms with Crippen LogP contribution >= 0.6 is 0 Å². The zero-order valence-electron chi connectivity index (χ0n) is 18.9. The standard InChI is InChI=1S/C28H27FN2O2/c1-18(2)22-5-3-4-6-23(22)19-7-9-25-24(13-19)20(16-32)14-28(25)11-12-31(17-28)27(33)26-10-8-21(29)15-30-26/h3-10,13,15-16,18,20H,11-12,14,17H2,1-2H3. The van der Waals surface area contributed by atoms with Crippen molar-refractivity contribution in [2.75, 3.05) is 13.1 Å². The van der Waals surface area contributed by atoms with Gasteiger partial charge in [-0.2, -0.15) is 0 Å². The van der Waals surface area contributed by atoms with Gasteiger partial charge in [-0.05, 0) is 58.7 Å². The third kappa shape index (κ3) is 3.65. The minimum atomic E-state index is -0.460. The summed E-state index contributed by atoms with van der Waals surface area (Å²) < 4.78 is 13.2. The van der Waals surface area contributed by atoms with Crippen LogP contribution in [0.15, 0.2) is 60.8 Å². The molecule has 2 aromatic carbocycles. The molecule has 33 heavy (non-hydrogen) atoms. The van der Waals surface area contributed by atoms with Gasteiger partial charge in [-0.25, -0.2) is 9.37 Å². The number of nitrogens with zero attached hydrogens (tertiary/aromatic N) is 2. The second kappa shape index (κ2) is 8.22. The molecule has 1 fully saturated rings. The molecule has 0 saturated carbocycles. The van der Waals surface area contributed by atoms with Gasteiger partial charge in [-0.1, -0.05) is 56.3 Å². The highest BCUT2D eigenvalue weighted by Crippen LogP contribution is 2.51. The largest absolute Gasteiger partial charge is 0.336 e. The maximum atomic E-state index is 13.2. The summed E-state index contributed by atoms with van der Waals surface area (Å²) in [6.45, 7) is 5.52. The fourth-order valence-corrected chi connectivity index (χ4v) is 5.64. The molecule has 3 aromatic rings. The Balaban J connectivity index is 1.48. The van der Waals surface area contributed by atoms with Crippen LogP contribution in [0.1, 0.15) is 65.7 Å². The normalized spacial score (nSPS) is 21.6. The highest BCUT2D eigenvalue weighted by molar-refractivity contribution is 5.92. The number of halogens is 1. The topological polar surface area (TPSA) is 50.3 Å². The Hall–Kier alpha value is -3.34. The van der Waals surface area contributed by atoms with E-state index in [4.69, 9.17) is 0 Å². The van der Waals surface area contributed by atoms with E-state index in [0.717, 1.165) is 30.0 Å². The molecule has 0 N–H and O–H groups in total. The summed E-state index contributed by atoms with van der Waals surface area (Å²) >= 11 is 0. The van der Waals surface area contributed by atoms with Gasteiger partial charge in [-0.15, -0.1) is 0 Å². The quantitative estimate of drug-likeness (QED) is 0.503. The number of aldehydes is 1. The summed E-state index contributed by atoms with van der Waals surface area (Å²) in [4.78, 5) is 30.8. The molecule has 1 aliphatic heterocycles. The van der Waals surface area contributed by atoms with Gasteiger partial charge in [0.1, 0.15) is 17.8 Å². The molecule has 5 heteroatoms. The van der Waals surface area contributed by atoms with Gasteiger partial charge in [0.2, 0.25) is 0 Å². The van der Waals surface area contributed by atoms with Crippen LogP contribution in [0.25, 0.3) is 11.1 Å². The number of amides is 1. The van der Waals surface area contributed by atoms with E-state index >= 15 is 0 Å². The molecule has 0 radical (unpaired) electrons. The molecule has 5 rings (SSSR count). The van der Waals surface area contributed by atoms with E-state index in [1.807, 2.05) is 0 Å². The van der Waals surface area contributed by atoms with Crippen LogP contribution in [0.5, 0.6) is 0 Å². The average molecular weight is 443 g/mol. The number of carbonyl (C=O) groups excluding carboxylic acids is 2. The molecule has 0 bridgehead atoms. The molecule has 4 nitrogen and oxygen atoms in total. The predicted molar refractivity (Wildman–Crippen MR) is 126 cm³/mol. The number of aromatic nitrogens is 1. The molecular weight excluding hydrogens is 415 g/mol. The fourth-order valence-electron chi connectivity index (χ4n) is 5.64. The molecule has 2 atom stereocenters. The second-order valence-electron chi connectivity index (χ2n) is 9.61. The SMILES string of the molecule is CC(C)c1ccccc1-c1ccc2c(c1)C(C=O)CC21CCN(C(=O)c2ccc(F)cn2)C1. The Morgan fingerprint density at radius 2 is 2.00 bits per heavy atom. The van der Waals surface area contributed by atoms with Crippen molar-refractivity contribution in [3.8, 4) is 11.1 Å². The van der Waals surface area contributed by atoms with Gasteiger partial charge in [0, 0.05) is 24.4 Å². The highest BCUT2D eigenvalue weighted by Gasteiger charge is 2.49. The van der Waals surface area contributed by atoms with Crippen molar-refractivity contribution >= 4 is 12.2 Å². The third-order valence-corrected chi connectivity index (χ3v) is 7.28. The monoisotopic (exact) mass is 442 g/mol. The van der Waals surface area contributed by atoms with Crippen LogP contribution < -0.4 is 0 Å². The van der Waals surface area contributed by atoms with Crippen LogP contribution in [0.4, 0.5) is 4.39 Å². The molecule has 2 unspecified atom stereocenters. The molecule has 1 aliphatic carbocycles. The number of benzene rings is 2. The number of hydrogen-bond acceptors (Lipinski definition) is 3. The van der Waals surface area contributed by atoms with Crippen LogP contribution in [0, 0.1) is 5.82 Å². The lowest BCUT2D eigenvalue weighted by Gasteiger charge is -2.26. The third-order valence-electron chi connectivity index (χ3n) is 7.28. The van der Waals surface area contributed by atoms with Crippen molar-refractivity contribution in [1.29, 1.82) is 0 Å². The van der Waals surface area contributed by atoms with E-state index in [0.29, 0.717) is 25.4 Å². The molecule has 1 amide bonds. The Morgan fingerprint density at radius 1 is 1.18 bits per heavy atom. The van der Waals surface area contributed by atoms with Gasteiger partial charge in [0.05, 0.1) is 6.20 Å². The zero-order chi connectivity index (χ0) is 23.2. The van der Waals surface area contributed by atoms with Gasteiger partial charge in [0.15, 0.2) is 0 Å². The lowest BCUT2D eigenvalue weighted by atomic mass is 9.80. The first-order chi connectivity index (χ1) is 15.9. The van der Waals surface area contributed by atoms with E-state index in [1.165, 1.54) is 28.8 Å². The van der Waals surface area contributed by atoms with E-state index in [-0.39, 0.29) is 22.9 Å². The van der Waals surface area contributed by atoms with Crippen molar-refractivity contribution in [3.05, 3.63) is 89.0 Å². The van der Waals surface area contributed by atoms with Crippen LogP contribution in [-0.4, -0.2) is 35.2 Å². The average Bonchev–Trinajstić information content (AvgIpc) is 3.40. The van der Waals surface area contributed by atoms with Gasteiger partial charge in [0.25, 0.3) is 5.91 Å². The number of carbonyl (C=O) groups is 2. The minimum Gasteiger partial charge on any atom is -0.336 e. The van der Waals surface area contributed by atoms with E-state index in [9.17, 15) is 14.0 Å². The lowest BCUT2D eigenvalue weighted by Crippen LogP contribution is -2.34. The summed E-state index contributed by atoms with van der Waals surface area (Å²) in [6, 6.07) is 17.6. The fraction of sp³-hybridized carbons (Fsp3) is 0.321. The number of rotatable bonds is 4. The first-order valence-electron chi connectivity index (χ1n) is 11.5. The smallest absolute Gasteiger partial charge is 0.272 e. The number of likely N-dealkylation sites (tertiary alicyclic amines) is 1. The molecule has 1 saturated heterocycles. The van der Waals surface area contributed by atoms with Crippen LogP contribution in [0.3, 0.4) is 0 Å². The van der Waals surface area contributed by atoms with E-state index in [2.05, 4.69) is 61.3 Å². The van der Waals surface area contributed by atoms with Gasteiger partial charge < -0.3 is 9.69 Å². The van der Waals surface area contributed by atoms with Gasteiger partial charge in [-0.3, -0.25) is 4.79 Å². The Bertz CT molecular complexity index is 1220. The summed E-state index contributed by atoms with van der Waals surface area (Å²) in [5.41, 5.74) is 5.89. The van der Waals surface area contributed by atoms with Crippen molar-refractivity contribution in [3.63, 3.8) is 0 Å². The molecule has 168 valence electrons. The molecule has 1 spiro atoms. The Labute approximate surface area is 193 Å². The van der Waals surface area contributed by atoms with Gasteiger partial charge >= 0.3 is 0 Å². The van der Waals surface area contributed by atoms with Crippen LogP contribution in [-0.2, 0) is 10.2 Å². The maximum Gasteiger partial charge on any atom is 0.272 e. The summed E-state index contributed by atoms with van der Waals surface area (Å²) in [6.07, 6.45) is 3.64. The molecule has 2 heterocycles. The van der Waals surface area contributed by atoms with Crippen LogP contribution in [0.2, 0.25) is 0 Å². The zero-order valence-corrected chi connectivity index (χ0v) is 18.9. The van der Waals surface area contributed by atoms with Crippen molar-refractivity contribution < 1.29 is 14.0 Å². The number of hydrogen-bond donors (Lipinski definition) is 0. The molecule has 2 aliphatic rings. The van der Waals surface area contributed by atoms with Crippen molar-refractivity contribution in [1.82, 2.24) is 9.88 Å². The predicted octanol–water partition coefficient (Wildman–Crippen LogP) is 5.48. The van der Waals surface area contributed by atoms with E-state index in [1.54, 1.807) is 4.90 Å². The highest BCUT2D eigenvalue weighted by atomic mass is 19.1. The molecule has 1 aromatic heterocycles. The number of fused-ring (bicyclic) bond motifs is 2. The van der Waals surface area contributed by atoms with Crippen molar-refractivity contribution in [2.45, 2.75) is 43.9 Å². The lowest BCUT2D eigenvalue weighted by molar-refractivity contribution is -0.109.